The van der Waals surface area contributed by atoms with E-state index in [0.717, 1.165) is 32.7 Å². The number of rotatable bonds is 0. The second kappa shape index (κ2) is 7.17. The summed E-state index contributed by atoms with van der Waals surface area (Å²) in [6.07, 6.45) is 1.45. The van der Waals surface area contributed by atoms with Crippen LogP contribution in [-0.4, -0.2) is 45.2 Å². The van der Waals surface area contributed by atoms with E-state index in [1.165, 1.54) is 0 Å². The van der Waals surface area contributed by atoms with Crippen LogP contribution in [0.3, 0.4) is 0 Å². The van der Waals surface area contributed by atoms with E-state index in [1.807, 2.05) is 0 Å². The molecule has 0 bridgehead atoms. The van der Waals surface area contributed by atoms with Gasteiger partial charge in [-0.25, -0.2) is 0 Å². The van der Waals surface area contributed by atoms with Crippen LogP contribution in [0.2, 0.25) is 0 Å². The van der Waals surface area contributed by atoms with E-state index in [1.54, 1.807) is 0 Å². The third-order valence-corrected chi connectivity index (χ3v) is 2.35. The van der Waals surface area contributed by atoms with Gasteiger partial charge in [-0.1, -0.05) is 0 Å². The van der Waals surface area contributed by atoms with E-state index in [4.69, 9.17) is 9.47 Å². The van der Waals surface area contributed by atoms with Crippen molar-refractivity contribution in [3.05, 3.63) is 0 Å². The molecule has 0 aromatic rings. The molecule has 0 radical (unpaired) electrons. The minimum Gasteiger partial charge on any atom is -0.355 e. The molecule has 2 atom stereocenters. The lowest BCUT2D eigenvalue weighted by Gasteiger charge is -2.19. The SMILES string of the molecule is CC1CCOCO1.CC1CNCCN1. The summed E-state index contributed by atoms with van der Waals surface area (Å²) in [5.74, 6) is 0. The van der Waals surface area contributed by atoms with Gasteiger partial charge in [0.05, 0.1) is 12.7 Å². The number of nitrogens with one attached hydrogen (secondary N) is 2. The first-order chi connectivity index (χ1) is 6.79. The lowest BCUT2D eigenvalue weighted by Crippen LogP contribution is -2.46. The Morgan fingerprint density at radius 3 is 2.36 bits per heavy atom. The van der Waals surface area contributed by atoms with Crippen LogP contribution in [0, 0.1) is 0 Å². The molecule has 2 N–H and O–H groups in total. The van der Waals surface area contributed by atoms with Crippen molar-refractivity contribution in [2.75, 3.05) is 33.0 Å². The number of hydrogen-bond donors (Lipinski definition) is 2. The molecule has 2 unspecified atom stereocenters. The van der Waals surface area contributed by atoms with Crippen molar-refractivity contribution >= 4 is 0 Å². The Balaban J connectivity index is 0.000000140. The largest absolute Gasteiger partial charge is 0.355 e. The summed E-state index contributed by atoms with van der Waals surface area (Å²) in [5.41, 5.74) is 0. The van der Waals surface area contributed by atoms with Crippen molar-refractivity contribution in [1.29, 1.82) is 0 Å². The van der Waals surface area contributed by atoms with Gasteiger partial charge in [0.2, 0.25) is 0 Å². The molecule has 0 aromatic heterocycles. The fourth-order valence-corrected chi connectivity index (χ4v) is 1.35. The molecule has 4 nitrogen and oxygen atoms in total. The van der Waals surface area contributed by atoms with Crippen LogP contribution in [-0.2, 0) is 9.47 Å². The molecule has 2 aliphatic rings. The highest BCUT2D eigenvalue weighted by molar-refractivity contribution is 4.69. The van der Waals surface area contributed by atoms with Crippen molar-refractivity contribution in [3.8, 4) is 0 Å². The second-order valence-corrected chi connectivity index (χ2v) is 3.85. The van der Waals surface area contributed by atoms with Gasteiger partial charge in [0.25, 0.3) is 0 Å². The van der Waals surface area contributed by atoms with Crippen molar-refractivity contribution in [3.63, 3.8) is 0 Å². The van der Waals surface area contributed by atoms with Gasteiger partial charge in [-0.3, -0.25) is 0 Å². The minimum atomic E-state index is 0.411. The molecule has 2 saturated heterocycles. The summed E-state index contributed by atoms with van der Waals surface area (Å²) >= 11 is 0. The van der Waals surface area contributed by atoms with E-state index in [2.05, 4.69) is 24.5 Å². The van der Waals surface area contributed by atoms with Crippen molar-refractivity contribution < 1.29 is 9.47 Å². The molecule has 0 aliphatic carbocycles. The minimum absolute atomic E-state index is 0.411. The summed E-state index contributed by atoms with van der Waals surface area (Å²) in [7, 11) is 0. The van der Waals surface area contributed by atoms with E-state index >= 15 is 0 Å². The van der Waals surface area contributed by atoms with Gasteiger partial charge in [0, 0.05) is 25.7 Å². The van der Waals surface area contributed by atoms with E-state index in [-0.39, 0.29) is 0 Å². The first-order valence-corrected chi connectivity index (χ1v) is 5.42. The summed E-state index contributed by atoms with van der Waals surface area (Å²) in [6.45, 7) is 8.97. The van der Waals surface area contributed by atoms with Gasteiger partial charge in [-0.15, -0.1) is 0 Å². The Morgan fingerprint density at radius 2 is 2.07 bits per heavy atom. The van der Waals surface area contributed by atoms with Crippen LogP contribution in [0.15, 0.2) is 0 Å². The van der Waals surface area contributed by atoms with Gasteiger partial charge in [-0.05, 0) is 20.3 Å². The highest BCUT2D eigenvalue weighted by Gasteiger charge is 2.06. The highest BCUT2D eigenvalue weighted by Crippen LogP contribution is 2.02. The molecule has 84 valence electrons. The fourth-order valence-electron chi connectivity index (χ4n) is 1.35. The van der Waals surface area contributed by atoms with Crippen molar-refractivity contribution in [1.82, 2.24) is 10.6 Å². The molecule has 0 spiro atoms. The summed E-state index contributed by atoms with van der Waals surface area (Å²) in [4.78, 5) is 0. The molecule has 2 fully saturated rings. The Labute approximate surface area is 86.3 Å². The Hall–Kier alpha value is -0.160. The molecule has 2 heterocycles. The normalized spacial score (nSPS) is 33.0. The third kappa shape index (κ3) is 5.54. The van der Waals surface area contributed by atoms with Crippen molar-refractivity contribution in [2.24, 2.45) is 0 Å². The molecule has 2 rings (SSSR count). The lowest BCUT2D eigenvalue weighted by molar-refractivity contribution is -0.132. The molecule has 0 saturated carbocycles. The standard InChI is InChI=1S/C5H12N2.C5H10O2/c1-5-4-6-2-3-7-5;1-5-2-3-6-4-7-5/h5-7H,2-4H2,1H3;5H,2-4H2,1H3. The zero-order valence-electron chi connectivity index (χ0n) is 9.21. The molecule has 14 heavy (non-hydrogen) atoms. The Bertz CT molecular complexity index is 116. The average molecular weight is 202 g/mol. The third-order valence-electron chi connectivity index (χ3n) is 2.35. The summed E-state index contributed by atoms with van der Waals surface area (Å²) < 4.78 is 9.97. The maximum atomic E-state index is 5.06. The monoisotopic (exact) mass is 202 g/mol. The maximum absolute atomic E-state index is 5.06. The van der Waals surface area contributed by atoms with E-state index in [0.29, 0.717) is 18.9 Å². The fraction of sp³-hybridized carbons (Fsp3) is 1.00. The van der Waals surface area contributed by atoms with E-state index < -0.39 is 0 Å². The van der Waals surface area contributed by atoms with Crippen LogP contribution in [0.25, 0.3) is 0 Å². The van der Waals surface area contributed by atoms with Gasteiger partial charge in [-0.2, -0.15) is 0 Å². The summed E-state index contributed by atoms with van der Waals surface area (Å²) in [5, 5.41) is 6.59. The van der Waals surface area contributed by atoms with Crippen LogP contribution in [0.5, 0.6) is 0 Å². The topological polar surface area (TPSA) is 42.5 Å². The number of piperazine rings is 1. The number of hydrogen-bond acceptors (Lipinski definition) is 4. The van der Waals surface area contributed by atoms with Gasteiger partial charge < -0.3 is 20.1 Å². The lowest BCUT2D eigenvalue weighted by atomic mass is 10.3. The molecule has 4 heteroatoms. The molecule has 0 amide bonds. The van der Waals surface area contributed by atoms with Crippen LogP contribution < -0.4 is 10.6 Å². The van der Waals surface area contributed by atoms with Crippen LogP contribution >= 0.6 is 0 Å². The molecular weight excluding hydrogens is 180 g/mol. The average Bonchev–Trinajstić information content (AvgIpc) is 2.21. The first kappa shape index (κ1) is 11.9. The predicted octanol–water partition coefficient (Wildman–Crippen LogP) is 0.337. The van der Waals surface area contributed by atoms with Crippen molar-refractivity contribution in [2.45, 2.75) is 32.4 Å². The quantitative estimate of drug-likeness (QED) is 0.594. The van der Waals surface area contributed by atoms with Crippen LogP contribution in [0.4, 0.5) is 0 Å². The maximum Gasteiger partial charge on any atom is 0.147 e. The first-order valence-electron chi connectivity index (χ1n) is 5.42. The highest BCUT2D eigenvalue weighted by atomic mass is 16.7. The van der Waals surface area contributed by atoms with E-state index in [9.17, 15) is 0 Å². The molecular formula is C10H22N2O2. The van der Waals surface area contributed by atoms with Gasteiger partial charge in [0.1, 0.15) is 6.79 Å². The summed E-state index contributed by atoms with van der Waals surface area (Å²) in [6, 6.07) is 0.675. The van der Waals surface area contributed by atoms with Gasteiger partial charge >= 0.3 is 0 Å². The molecule has 0 aromatic carbocycles. The Morgan fingerprint density at radius 1 is 1.21 bits per heavy atom. The van der Waals surface area contributed by atoms with Gasteiger partial charge in [0.15, 0.2) is 0 Å². The van der Waals surface area contributed by atoms with Crippen LogP contribution in [0.1, 0.15) is 20.3 Å². The predicted molar refractivity (Wildman–Crippen MR) is 56.3 cm³/mol. The zero-order valence-corrected chi connectivity index (χ0v) is 9.21. The zero-order chi connectivity index (χ0) is 10.2. The smallest absolute Gasteiger partial charge is 0.147 e. The Kier molecular flexibility index (Phi) is 6.10. The number of ether oxygens (including phenoxy) is 2. The molecule has 2 aliphatic heterocycles. The second-order valence-electron chi connectivity index (χ2n) is 3.85.